The first-order valence-corrected chi connectivity index (χ1v) is 9.91. The number of benzene rings is 2. The van der Waals surface area contributed by atoms with Gasteiger partial charge in [-0.15, -0.1) is 0 Å². The molecule has 3 heterocycles. The summed E-state index contributed by atoms with van der Waals surface area (Å²) in [6.07, 6.45) is 1.34. The molecule has 1 saturated heterocycles. The number of hydrogen-bond donors (Lipinski definition) is 1. The molecule has 6 nitrogen and oxygen atoms in total. The third-order valence-electron chi connectivity index (χ3n) is 5.46. The van der Waals surface area contributed by atoms with Crippen molar-refractivity contribution in [2.24, 2.45) is 0 Å². The van der Waals surface area contributed by atoms with Crippen LogP contribution < -0.4 is 10.5 Å². The Bertz CT molecular complexity index is 1130. The smallest absolute Gasteiger partial charge is 0.339 e. The van der Waals surface area contributed by atoms with Gasteiger partial charge in [-0.05, 0) is 46.9 Å². The van der Waals surface area contributed by atoms with Crippen LogP contribution in [0.5, 0.6) is 0 Å². The normalized spacial score (nSPS) is 18.0. The molecule has 0 aliphatic carbocycles. The number of ether oxygens (including phenoxy) is 1. The first-order valence-electron chi connectivity index (χ1n) is 8.83. The molecule has 1 N–H and O–H groups in total. The molecule has 136 valence electrons. The second kappa shape index (κ2) is 6.05. The second-order valence-electron chi connectivity index (χ2n) is 6.97. The van der Waals surface area contributed by atoms with E-state index in [9.17, 15) is 9.59 Å². The Morgan fingerprint density at radius 2 is 1.89 bits per heavy atom. The number of rotatable bonds is 1. The number of halogens is 1. The van der Waals surface area contributed by atoms with Crippen molar-refractivity contribution < 1.29 is 9.53 Å². The van der Waals surface area contributed by atoms with Gasteiger partial charge in [0.05, 0.1) is 16.5 Å². The topological polar surface area (TPSA) is 75.3 Å². The van der Waals surface area contributed by atoms with Crippen molar-refractivity contribution in [2.75, 3.05) is 18.0 Å². The molecule has 1 fully saturated rings. The first-order chi connectivity index (χ1) is 13.1. The fourth-order valence-electron chi connectivity index (χ4n) is 4.05. The average molecular weight is 473 g/mol. The van der Waals surface area contributed by atoms with Gasteiger partial charge in [0.2, 0.25) is 5.95 Å². The number of aromatic nitrogens is 2. The quantitative estimate of drug-likeness (QED) is 0.434. The number of nitrogens with zero attached hydrogens (tertiary/aromatic N) is 2. The molecular weight excluding hydrogens is 457 g/mol. The van der Waals surface area contributed by atoms with Crippen LogP contribution in [0, 0.1) is 3.57 Å². The van der Waals surface area contributed by atoms with Crippen LogP contribution in [-0.2, 0) is 10.3 Å². The van der Waals surface area contributed by atoms with E-state index in [-0.39, 0.29) is 11.5 Å². The Balaban J connectivity index is 1.45. The summed E-state index contributed by atoms with van der Waals surface area (Å²) in [7, 11) is 0. The van der Waals surface area contributed by atoms with Crippen LogP contribution >= 0.6 is 22.6 Å². The van der Waals surface area contributed by atoms with E-state index in [1.54, 1.807) is 0 Å². The van der Waals surface area contributed by atoms with Crippen molar-refractivity contribution in [3.8, 4) is 0 Å². The van der Waals surface area contributed by atoms with E-state index < -0.39 is 5.60 Å². The number of aromatic amines is 1. The third-order valence-corrected chi connectivity index (χ3v) is 6.13. The van der Waals surface area contributed by atoms with E-state index >= 15 is 0 Å². The zero-order valence-electron chi connectivity index (χ0n) is 14.4. The molecule has 5 rings (SSSR count). The van der Waals surface area contributed by atoms with Crippen LogP contribution in [0.15, 0.2) is 47.3 Å². The van der Waals surface area contributed by atoms with Crippen molar-refractivity contribution in [3.63, 3.8) is 0 Å². The molecule has 1 spiro atoms. The summed E-state index contributed by atoms with van der Waals surface area (Å²) in [6.45, 7) is 1.31. The summed E-state index contributed by atoms with van der Waals surface area (Å²) >= 11 is 2.18. The van der Waals surface area contributed by atoms with Gasteiger partial charge in [0.1, 0.15) is 5.60 Å². The van der Waals surface area contributed by atoms with E-state index in [0.717, 1.165) is 14.7 Å². The van der Waals surface area contributed by atoms with Crippen molar-refractivity contribution in [3.05, 3.63) is 67.5 Å². The predicted molar refractivity (Wildman–Crippen MR) is 110 cm³/mol. The Hall–Kier alpha value is -2.42. The molecule has 2 aliphatic rings. The Morgan fingerprint density at radius 3 is 2.70 bits per heavy atom. The van der Waals surface area contributed by atoms with E-state index in [0.29, 0.717) is 42.8 Å². The van der Waals surface area contributed by atoms with Crippen LogP contribution in [0.4, 0.5) is 5.95 Å². The molecule has 0 unspecified atom stereocenters. The van der Waals surface area contributed by atoms with Gasteiger partial charge < -0.3 is 14.6 Å². The lowest BCUT2D eigenvalue weighted by Crippen LogP contribution is -2.44. The van der Waals surface area contributed by atoms with Gasteiger partial charge in [-0.2, -0.15) is 4.98 Å². The highest BCUT2D eigenvalue weighted by molar-refractivity contribution is 14.1. The SMILES string of the molecule is O=C1OC2(CCN(c3nc(=O)c4cc(I)ccc4[nH]3)CC2)c2ccccc21. The number of H-pyrrole nitrogens is 1. The predicted octanol–water partition coefficient (Wildman–Crippen LogP) is 3.19. The fourth-order valence-corrected chi connectivity index (χ4v) is 4.55. The number of piperidine rings is 1. The van der Waals surface area contributed by atoms with Crippen molar-refractivity contribution >= 4 is 45.4 Å². The zero-order chi connectivity index (χ0) is 18.6. The molecule has 0 amide bonds. The average Bonchev–Trinajstić information content (AvgIpc) is 2.95. The highest BCUT2D eigenvalue weighted by Gasteiger charge is 2.47. The molecule has 0 saturated carbocycles. The zero-order valence-corrected chi connectivity index (χ0v) is 16.5. The molecule has 2 aromatic carbocycles. The summed E-state index contributed by atoms with van der Waals surface area (Å²) in [4.78, 5) is 34.2. The lowest BCUT2D eigenvalue weighted by molar-refractivity contribution is -0.0211. The van der Waals surface area contributed by atoms with Crippen molar-refractivity contribution in [1.29, 1.82) is 0 Å². The van der Waals surface area contributed by atoms with E-state index in [1.807, 2.05) is 42.5 Å². The Morgan fingerprint density at radius 1 is 1.11 bits per heavy atom. The lowest BCUT2D eigenvalue weighted by atomic mass is 9.84. The molecule has 1 aromatic heterocycles. The minimum atomic E-state index is -0.558. The maximum atomic E-state index is 12.4. The molecule has 2 aliphatic heterocycles. The highest BCUT2D eigenvalue weighted by atomic mass is 127. The van der Waals surface area contributed by atoms with E-state index in [4.69, 9.17) is 4.74 Å². The molecule has 3 aromatic rings. The number of nitrogens with one attached hydrogen (secondary N) is 1. The standard InChI is InChI=1S/C20H16IN3O3/c21-12-5-6-16-14(11-12)17(25)23-19(22-16)24-9-7-20(8-10-24)15-4-2-1-3-13(15)18(26)27-20/h1-6,11H,7-10H2,(H,22,23,25). The first kappa shape index (κ1) is 16.7. The number of fused-ring (bicyclic) bond motifs is 3. The summed E-state index contributed by atoms with van der Waals surface area (Å²) in [5.74, 6) is 0.326. The second-order valence-corrected chi connectivity index (χ2v) is 8.22. The largest absolute Gasteiger partial charge is 0.450 e. The fraction of sp³-hybridized carbons (Fsp3) is 0.250. The van der Waals surface area contributed by atoms with Crippen molar-refractivity contribution in [2.45, 2.75) is 18.4 Å². The molecule has 0 bridgehead atoms. The Labute approximate surface area is 168 Å². The van der Waals surface area contributed by atoms with Crippen LogP contribution in [0.3, 0.4) is 0 Å². The van der Waals surface area contributed by atoms with Gasteiger partial charge in [0.25, 0.3) is 5.56 Å². The molecular formula is C20H16IN3O3. The Kier molecular flexibility index (Phi) is 3.75. The minimum absolute atomic E-state index is 0.227. The maximum Gasteiger partial charge on any atom is 0.339 e. The number of hydrogen-bond acceptors (Lipinski definition) is 5. The van der Waals surface area contributed by atoms with Gasteiger partial charge in [-0.25, -0.2) is 4.79 Å². The van der Waals surface area contributed by atoms with Gasteiger partial charge >= 0.3 is 5.97 Å². The van der Waals surface area contributed by atoms with Crippen molar-refractivity contribution in [1.82, 2.24) is 9.97 Å². The van der Waals surface area contributed by atoms with Crippen LogP contribution in [-0.4, -0.2) is 29.0 Å². The summed E-state index contributed by atoms with van der Waals surface area (Å²) < 4.78 is 6.79. The van der Waals surface area contributed by atoms with Gasteiger partial charge in [-0.1, -0.05) is 18.2 Å². The number of carbonyl (C=O) groups is 1. The van der Waals surface area contributed by atoms with E-state index in [2.05, 4.69) is 37.5 Å². The lowest BCUT2D eigenvalue weighted by Gasteiger charge is -2.38. The van der Waals surface area contributed by atoms with Gasteiger partial charge in [-0.3, -0.25) is 4.79 Å². The minimum Gasteiger partial charge on any atom is -0.450 e. The monoisotopic (exact) mass is 473 g/mol. The number of anilines is 1. The third kappa shape index (κ3) is 2.63. The highest BCUT2D eigenvalue weighted by Crippen LogP contribution is 2.44. The molecule has 0 radical (unpaired) electrons. The van der Waals surface area contributed by atoms with Gasteiger partial charge in [0.15, 0.2) is 0 Å². The van der Waals surface area contributed by atoms with Gasteiger partial charge in [0, 0.05) is 35.1 Å². The summed E-state index contributed by atoms with van der Waals surface area (Å²) in [6, 6.07) is 13.3. The number of carbonyl (C=O) groups excluding carboxylic acids is 1. The van der Waals surface area contributed by atoms with Crippen LogP contribution in [0.25, 0.3) is 10.9 Å². The summed E-state index contributed by atoms with van der Waals surface area (Å²) in [5, 5.41) is 0.595. The summed E-state index contributed by atoms with van der Waals surface area (Å²) in [5.41, 5.74) is 1.64. The molecule has 7 heteroatoms. The molecule has 27 heavy (non-hydrogen) atoms. The maximum absolute atomic E-state index is 12.4. The van der Waals surface area contributed by atoms with Crippen LogP contribution in [0.1, 0.15) is 28.8 Å². The molecule has 0 atom stereocenters. The number of esters is 1. The van der Waals surface area contributed by atoms with Crippen LogP contribution in [0.2, 0.25) is 0 Å². The van der Waals surface area contributed by atoms with E-state index in [1.165, 1.54) is 0 Å².